The predicted molar refractivity (Wildman–Crippen MR) is 91.9 cm³/mol. The highest BCUT2D eigenvalue weighted by Gasteiger charge is 2.29. The lowest BCUT2D eigenvalue weighted by Gasteiger charge is -2.30. The van der Waals surface area contributed by atoms with E-state index in [4.69, 9.17) is 11.6 Å². The zero-order chi connectivity index (χ0) is 16.9. The monoisotopic (exact) mass is 358 g/mol. The number of piperidine rings is 1. The van der Waals surface area contributed by atoms with Gasteiger partial charge >= 0.3 is 0 Å². The van der Waals surface area contributed by atoms with Gasteiger partial charge in [0.1, 0.15) is 0 Å². The molecule has 5 nitrogen and oxygen atoms in total. The molecule has 0 spiro atoms. The third-order valence-electron chi connectivity index (χ3n) is 4.08. The van der Waals surface area contributed by atoms with Gasteiger partial charge in [-0.05, 0) is 43.4 Å². The van der Waals surface area contributed by atoms with Crippen molar-refractivity contribution >= 4 is 27.5 Å². The highest BCUT2D eigenvalue weighted by atomic mass is 35.5. The van der Waals surface area contributed by atoms with Crippen molar-refractivity contribution in [2.75, 3.05) is 25.9 Å². The van der Waals surface area contributed by atoms with Gasteiger partial charge in [-0.15, -0.1) is 0 Å². The topological polar surface area (TPSA) is 66.5 Å². The third-order valence-corrected chi connectivity index (χ3v) is 5.60. The molecule has 0 bridgehead atoms. The minimum atomic E-state index is -3.21. The Kier molecular flexibility index (Phi) is 6.44. The smallest absolute Gasteiger partial charge is 0.224 e. The van der Waals surface area contributed by atoms with Gasteiger partial charge in [0.25, 0.3) is 0 Å². The zero-order valence-electron chi connectivity index (χ0n) is 13.3. The fraction of sp³-hybridized carbons (Fsp3) is 0.562. The second-order valence-electron chi connectivity index (χ2n) is 5.98. The van der Waals surface area contributed by atoms with Crippen LogP contribution < -0.4 is 5.32 Å². The Balaban J connectivity index is 1.73. The maximum Gasteiger partial charge on any atom is 0.224 e. The summed E-state index contributed by atoms with van der Waals surface area (Å²) in [6.45, 7) is 1.40. The minimum absolute atomic E-state index is 0.0468. The van der Waals surface area contributed by atoms with Crippen LogP contribution in [0.1, 0.15) is 24.8 Å². The van der Waals surface area contributed by atoms with Crippen molar-refractivity contribution in [3.05, 3.63) is 34.9 Å². The standard InChI is InChI=1S/C16H23ClN2O3S/c1-23(21,22)19-11-3-5-14(12-19)16(20)18-10-2-4-13-6-8-15(17)9-7-13/h6-9,14H,2-5,10-12H2,1H3,(H,18,20)/t14-/m1/s1. The highest BCUT2D eigenvalue weighted by Crippen LogP contribution is 2.18. The van der Waals surface area contributed by atoms with Gasteiger partial charge in [-0.2, -0.15) is 0 Å². The molecule has 1 aromatic carbocycles. The Morgan fingerprint density at radius 1 is 1.35 bits per heavy atom. The van der Waals surface area contributed by atoms with Gasteiger partial charge in [0.05, 0.1) is 12.2 Å². The number of nitrogens with zero attached hydrogens (tertiary/aromatic N) is 1. The van der Waals surface area contributed by atoms with E-state index in [1.807, 2.05) is 24.3 Å². The largest absolute Gasteiger partial charge is 0.356 e. The molecule has 7 heteroatoms. The van der Waals surface area contributed by atoms with Crippen LogP contribution in [0.5, 0.6) is 0 Å². The second kappa shape index (κ2) is 8.13. The van der Waals surface area contributed by atoms with Crippen molar-refractivity contribution in [3.8, 4) is 0 Å². The van der Waals surface area contributed by atoms with Crippen LogP contribution in [0.15, 0.2) is 24.3 Å². The molecule has 1 aliphatic rings. The van der Waals surface area contributed by atoms with E-state index in [2.05, 4.69) is 5.32 Å². The summed E-state index contributed by atoms with van der Waals surface area (Å²) in [5, 5.41) is 3.64. The number of nitrogens with one attached hydrogen (secondary N) is 1. The summed E-state index contributed by atoms with van der Waals surface area (Å²) in [5.74, 6) is -0.288. The molecule has 0 aliphatic carbocycles. The second-order valence-corrected chi connectivity index (χ2v) is 8.40. The van der Waals surface area contributed by atoms with Gasteiger partial charge in [0, 0.05) is 24.7 Å². The molecular formula is C16H23ClN2O3S. The fourth-order valence-corrected chi connectivity index (χ4v) is 3.79. The van der Waals surface area contributed by atoms with E-state index in [9.17, 15) is 13.2 Å². The summed E-state index contributed by atoms with van der Waals surface area (Å²) in [5.41, 5.74) is 1.18. The van der Waals surface area contributed by atoms with Crippen LogP contribution in [-0.2, 0) is 21.2 Å². The van der Waals surface area contributed by atoms with E-state index in [1.54, 1.807) is 0 Å². The molecule has 1 saturated heterocycles. The van der Waals surface area contributed by atoms with Gasteiger partial charge in [-0.25, -0.2) is 12.7 Å². The first kappa shape index (κ1) is 18.2. The molecule has 1 atom stereocenters. The van der Waals surface area contributed by atoms with Crippen LogP contribution in [0.2, 0.25) is 5.02 Å². The first-order valence-electron chi connectivity index (χ1n) is 7.83. The van der Waals surface area contributed by atoms with Gasteiger partial charge in [-0.1, -0.05) is 23.7 Å². The van der Waals surface area contributed by atoms with Crippen LogP contribution in [0.4, 0.5) is 0 Å². The number of carbonyl (C=O) groups is 1. The van der Waals surface area contributed by atoms with Gasteiger partial charge in [0.15, 0.2) is 0 Å². The van der Waals surface area contributed by atoms with Crippen molar-refractivity contribution in [3.63, 3.8) is 0 Å². The Bertz CT molecular complexity index is 631. The number of hydrogen-bond donors (Lipinski definition) is 1. The molecule has 1 aromatic rings. The molecule has 23 heavy (non-hydrogen) atoms. The van der Waals surface area contributed by atoms with Crippen LogP contribution >= 0.6 is 11.6 Å². The molecule has 128 valence electrons. The minimum Gasteiger partial charge on any atom is -0.356 e. The molecule has 2 rings (SSSR count). The number of carbonyl (C=O) groups excluding carboxylic acids is 1. The molecule has 0 unspecified atom stereocenters. The summed E-state index contributed by atoms with van der Waals surface area (Å²) >= 11 is 5.84. The quantitative estimate of drug-likeness (QED) is 0.791. The number of amides is 1. The van der Waals surface area contributed by atoms with Crippen molar-refractivity contribution in [2.45, 2.75) is 25.7 Å². The Hall–Kier alpha value is -1.11. The average molecular weight is 359 g/mol. The summed E-state index contributed by atoms with van der Waals surface area (Å²) in [6, 6.07) is 7.68. The molecule has 0 radical (unpaired) electrons. The molecular weight excluding hydrogens is 336 g/mol. The van der Waals surface area contributed by atoms with E-state index in [1.165, 1.54) is 16.1 Å². The number of hydrogen-bond acceptors (Lipinski definition) is 3. The summed E-state index contributed by atoms with van der Waals surface area (Å²) in [4.78, 5) is 12.2. The van der Waals surface area contributed by atoms with Crippen molar-refractivity contribution in [1.29, 1.82) is 0 Å². The number of halogens is 1. The molecule has 0 saturated carbocycles. The van der Waals surface area contributed by atoms with Crippen molar-refractivity contribution in [1.82, 2.24) is 9.62 Å². The SMILES string of the molecule is CS(=O)(=O)N1CCC[C@@H](C(=O)NCCCc2ccc(Cl)cc2)C1. The number of benzene rings is 1. The van der Waals surface area contributed by atoms with E-state index >= 15 is 0 Å². The van der Waals surface area contributed by atoms with E-state index < -0.39 is 10.0 Å². The number of aryl methyl sites for hydroxylation is 1. The lowest BCUT2D eigenvalue weighted by atomic mass is 9.99. The van der Waals surface area contributed by atoms with Gasteiger partial charge in [0.2, 0.25) is 15.9 Å². The fourth-order valence-electron chi connectivity index (χ4n) is 2.76. The Labute approximate surface area is 143 Å². The summed E-state index contributed by atoms with van der Waals surface area (Å²) < 4.78 is 24.6. The molecule has 1 heterocycles. The van der Waals surface area contributed by atoms with Crippen molar-refractivity contribution < 1.29 is 13.2 Å². The van der Waals surface area contributed by atoms with E-state index in [0.29, 0.717) is 19.6 Å². The van der Waals surface area contributed by atoms with Gasteiger partial charge < -0.3 is 5.32 Å². The third kappa shape index (κ3) is 5.79. The molecule has 0 aromatic heterocycles. The number of sulfonamides is 1. The normalized spacial score (nSPS) is 19.5. The molecule has 1 N–H and O–H groups in total. The summed E-state index contributed by atoms with van der Waals surface area (Å²) in [7, 11) is -3.21. The zero-order valence-corrected chi connectivity index (χ0v) is 14.9. The lowest BCUT2D eigenvalue weighted by molar-refractivity contribution is -0.126. The Morgan fingerprint density at radius 2 is 2.04 bits per heavy atom. The van der Waals surface area contributed by atoms with Crippen LogP contribution in [0, 0.1) is 5.92 Å². The van der Waals surface area contributed by atoms with Crippen molar-refractivity contribution in [2.24, 2.45) is 5.92 Å². The highest BCUT2D eigenvalue weighted by molar-refractivity contribution is 7.88. The molecule has 1 aliphatic heterocycles. The molecule has 1 fully saturated rings. The van der Waals surface area contributed by atoms with E-state index in [-0.39, 0.29) is 11.8 Å². The maximum atomic E-state index is 12.2. The summed E-state index contributed by atoms with van der Waals surface area (Å²) in [6.07, 6.45) is 4.39. The van der Waals surface area contributed by atoms with Crippen LogP contribution in [0.3, 0.4) is 0 Å². The van der Waals surface area contributed by atoms with Crippen LogP contribution in [0.25, 0.3) is 0 Å². The maximum absolute atomic E-state index is 12.2. The van der Waals surface area contributed by atoms with Gasteiger partial charge in [-0.3, -0.25) is 4.79 Å². The first-order valence-corrected chi connectivity index (χ1v) is 10.1. The first-order chi connectivity index (χ1) is 10.9. The Morgan fingerprint density at radius 3 is 2.70 bits per heavy atom. The molecule has 1 amide bonds. The van der Waals surface area contributed by atoms with Crippen LogP contribution in [-0.4, -0.2) is 44.5 Å². The number of rotatable bonds is 6. The predicted octanol–water partition coefficient (Wildman–Crippen LogP) is 2.06. The van der Waals surface area contributed by atoms with E-state index in [0.717, 1.165) is 30.7 Å². The lowest BCUT2D eigenvalue weighted by Crippen LogP contribution is -2.45. The average Bonchev–Trinajstić information content (AvgIpc) is 2.52.